The molecule has 2 aliphatic rings. The molecular weight excluding hydrogens is 410 g/mol. The first-order valence-corrected chi connectivity index (χ1v) is 12.7. The smallest absolute Gasteiger partial charge is 0.251 e. The van der Waals surface area contributed by atoms with Gasteiger partial charge in [0.25, 0.3) is 5.91 Å². The molecule has 1 atom stereocenters. The maximum Gasteiger partial charge on any atom is 0.251 e. The highest BCUT2D eigenvalue weighted by Crippen LogP contribution is 2.31. The molecule has 0 spiro atoms. The number of sulfonamides is 1. The molecule has 0 radical (unpaired) electrons. The minimum absolute atomic E-state index is 0.162. The van der Waals surface area contributed by atoms with Gasteiger partial charge in [0.05, 0.1) is 11.4 Å². The second kappa shape index (κ2) is 8.91. The topological polar surface area (TPSA) is 69.7 Å². The molecule has 0 aromatic heterocycles. The highest BCUT2D eigenvalue weighted by Gasteiger charge is 2.28. The number of amides is 1. The van der Waals surface area contributed by atoms with Crippen LogP contribution in [0.4, 0.5) is 11.4 Å². The zero-order valence-corrected chi connectivity index (χ0v) is 19.1. The number of carbonyl (C=O) groups excluding carboxylic acids is 1. The van der Waals surface area contributed by atoms with E-state index in [1.54, 1.807) is 12.1 Å². The lowest BCUT2D eigenvalue weighted by Gasteiger charge is -2.29. The SMILES string of the molecule is Cc1ccc(C(=O)NCCCN2c3ccccc3C[C@H]2C)cc1N1CCCCS1(=O)=O. The number of nitrogens with one attached hydrogen (secondary N) is 1. The Kier molecular flexibility index (Phi) is 6.23. The Hall–Kier alpha value is -2.54. The number of nitrogens with zero attached hydrogens (tertiary/aromatic N) is 2. The van der Waals surface area contributed by atoms with Crippen LogP contribution in [-0.4, -0.2) is 45.8 Å². The van der Waals surface area contributed by atoms with Gasteiger partial charge in [-0.2, -0.15) is 0 Å². The molecule has 2 aromatic rings. The first-order chi connectivity index (χ1) is 14.9. The maximum atomic E-state index is 12.7. The summed E-state index contributed by atoms with van der Waals surface area (Å²) >= 11 is 0. The van der Waals surface area contributed by atoms with Gasteiger partial charge in [-0.15, -0.1) is 0 Å². The predicted molar refractivity (Wildman–Crippen MR) is 125 cm³/mol. The number of anilines is 2. The van der Waals surface area contributed by atoms with Gasteiger partial charge in [-0.3, -0.25) is 9.10 Å². The van der Waals surface area contributed by atoms with Crippen LogP contribution in [0.2, 0.25) is 0 Å². The van der Waals surface area contributed by atoms with E-state index in [1.165, 1.54) is 15.6 Å². The van der Waals surface area contributed by atoms with Gasteiger partial charge in [-0.25, -0.2) is 8.42 Å². The van der Waals surface area contributed by atoms with E-state index in [-0.39, 0.29) is 11.7 Å². The minimum atomic E-state index is -3.31. The summed E-state index contributed by atoms with van der Waals surface area (Å²) in [5.41, 5.74) is 4.67. The Morgan fingerprint density at radius 3 is 2.74 bits per heavy atom. The molecule has 0 unspecified atom stereocenters. The van der Waals surface area contributed by atoms with E-state index in [0.717, 1.165) is 31.4 Å². The number of hydrogen-bond acceptors (Lipinski definition) is 4. The van der Waals surface area contributed by atoms with Crippen LogP contribution in [0.5, 0.6) is 0 Å². The Bertz CT molecular complexity index is 1070. The zero-order chi connectivity index (χ0) is 22.0. The fourth-order valence-corrected chi connectivity index (χ4v) is 6.30. The van der Waals surface area contributed by atoms with Gasteiger partial charge in [0, 0.05) is 36.9 Å². The summed E-state index contributed by atoms with van der Waals surface area (Å²) in [7, 11) is -3.31. The van der Waals surface area contributed by atoms with Crippen LogP contribution in [0.25, 0.3) is 0 Å². The normalized spacial score (nSPS) is 19.9. The summed E-state index contributed by atoms with van der Waals surface area (Å²) in [5.74, 6) is 0.00603. The summed E-state index contributed by atoms with van der Waals surface area (Å²) in [5, 5.41) is 3.00. The molecule has 31 heavy (non-hydrogen) atoms. The average Bonchev–Trinajstić information content (AvgIpc) is 3.06. The fraction of sp³-hybridized carbons (Fsp3) is 0.458. The molecule has 2 aromatic carbocycles. The lowest BCUT2D eigenvalue weighted by Crippen LogP contribution is -2.38. The Balaban J connectivity index is 1.36. The van der Waals surface area contributed by atoms with Gasteiger partial charge in [-0.05, 0) is 68.9 Å². The molecule has 0 saturated carbocycles. The van der Waals surface area contributed by atoms with E-state index < -0.39 is 10.0 Å². The van der Waals surface area contributed by atoms with Gasteiger partial charge in [0.1, 0.15) is 0 Å². The molecule has 1 fully saturated rings. The van der Waals surface area contributed by atoms with Crippen molar-refractivity contribution in [2.45, 2.75) is 45.6 Å². The zero-order valence-electron chi connectivity index (χ0n) is 18.3. The highest BCUT2D eigenvalue weighted by molar-refractivity contribution is 7.92. The molecule has 1 N–H and O–H groups in total. The van der Waals surface area contributed by atoms with Crippen molar-refractivity contribution < 1.29 is 13.2 Å². The van der Waals surface area contributed by atoms with Crippen LogP contribution in [0, 0.1) is 6.92 Å². The van der Waals surface area contributed by atoms with Gasteiger partial charge < -0.3 is 10.2 Å². The van der Waals surface area contributed by atoms with Crippen LogP contribution in [0.1, 0.15) is 47.7 Å². The molecule has 1 saturated heterocycles. The van der Waals surface area contributed by atoms with E-state index in [2.05, 4.69) is 41.4 Å². The lowest BCUT2D eigenvalue weighted by molar-refractivity contribution is 0.0953. The van der Waals surface area contributed by atoms with E-state index >= 15 is 0 Å². The molecular formula is C24H31N3O3S. The highest BCUT2D eigenvalue weighted by atomic mass is 32.2. The number of carbonyl (C=O) groups is 1. The summed E-state index contributed by atoms with van der Waals surface area (Å²) in [6.45, 7) is 6.07. The number of fused-ring (bicyclic) bond motifs is 1. The number of para-hydroxylation sites is 1. The molecule has 0 aliphatic carbocycles. The fourth-order valence-electron chi connectivity index (χ4n) is 4.60. The van der Waals surface area contributed by atoms with Crippen molar-refractivity contribution in [3.8, 4) is 0 Å². The third-order valence-electron chi connectivity index (χ3n) is 6.30. The molecule has 7 heteroatoms. The number of rotatable bonds is 6. The maximum absolute atomic E-state index is 12.7. The van der Waals surface area contributed by atoms with Crippen LogP contribution in [-0.2, 0) is 16.4 Å². The Morgan fingerprint density at radius 2 is 1.94 bits per heavy atom. The van der Waals surface area contributed by atoms with E-state index in [9.17, 15) is 13.2 Å². The van der Waals surface area contributed by atoms with Gasteiger partial charge in [0.15, 0.2) is 0 Å². The van der Waals surface area contributed by atoms with Crippen molar-refractivity contribution in [2.24, 2.45) is 0 Å². The van der Waals surface area contributed by atoms with Gasteiger partial charge >= 0.3 is 0 Å². The van der Waals surface area contributed by atoms with Crippen LogP contribution in [0.15, 0.2) is 42.5 Å². The molecule has 4 rings (SSSR count). The second-order valence-corrected chi connectivity index (χ2v) is 10.6. The monoisotopic (exact) mass is 441 g/mol. The van der Waals surface area contributed by atoms with Crippen molar-refractivity contribution in [2.75, 3.05) is 34.6 Å². The van der Waals surface area contributed by atoms with Crippen molar-refractivity contribution in [1.29, 1.82) is 0 Å². The summed E-state index contributed by atoms with van der Waals surface area (Å²) < 4.78 is 26.4. The first kappa shape index (κ1) is 21.7. The Morgan fingerprint density at radius 1 is 1.13 bits per heavy atom. The van der Waals surface area contributed by atoms with Gasteiger partial charge in [0.2, 0.25) is 10.0 Å². The summed E-state index contributed by atoms with van der Waals surface area (Å²) in [6, 6.07) is 14.3. The molecule has 2 heterocycles. The lowest BCUT2D eigenvalue weighted by atomic mass is 10.1. The quantitative estimate of drug-likeness (QED) is 0.697. The number of benzene rings is 2. The molecule has 6 nitrogen and oxygen atoms in total. The first-order valence-electron chi connectivity index (χ1n) is 11.1. The summed E-state index contributed by atoms with van der Waals surface area (Å²) in [6.07, 6.45) is 3.45. The largest absolute Gasteiger partial charge is 0.368 e. The van der Waals surface area contributed by atoms with Crippen molar-refractivity contribution in [1.82, 2.24) is 5.32 Å². The molecule has 0 bridgehead atoms. The molecule has 2 aliphatic heterocycles. The predicted octanol–water partition coefficient (Wildman–Crippen LogP) is 3.50. The minimum Gasteiger partial charge on any atom is -0.368 e. The van der Waals surface area contributed by atoms with E-state index in [1.807, 2.05) is 13.0 Å². The summed E-state index contributed by atoms with van der Waals surface area (Å²) in [4.78, 5) is 15.1. The average molecular weight is 442 g/mol. The van der Waals surface area contributed by atoms with Crippen LogP contribution in [0.3, 0.4) is 0 Å². The van der Waals surface area contributed by atoms with Crippen molar-refractivity contribution >= 4 is 27.3 Å². The number of hydrogen-bond donors (Lipinski definition) is 1. The number of aryl methyl sites for hydroxylation is 1. The van der Waals surface area contributed by atoms with Crippen molar-refractivity contribution in [3.63, 3.8) is 0 Å². The standard InChI is InChI=1S/C24H31N3O3S/c1-18-10-11-21(17-23(18)27-14-5-6-15-31(27,29)30)24(28)25-12-7-13-26-19(2)16-20-8-3-4-9-22(20)26/h3-4,8-11,17,19H,5-7,12-16H2,1-2H3,(H,25,28)/t19-/m1/s1. The van der Waals surface area contributed by atoms with Crippen molar-refractivity contribution in [3.05, 3.63) is 59.2 Å². The third-order valence-corrected chi connectivity index (χ3v) is 8.15. The van der Waals surface area contributed by atoms with Gasteiger partial charge in [-0.1, -0.05) is 24.3 Å². The van der Waals surface area contributed by atoms with E-state index in [4.69, 9.17) is 0 Å². The third kappa shape index (κ3) is 4.56. The second-order valence-electron chi connectivity index (χ2n) is 8.58. The van der Waals surface area contributed by atoms with Crippen LogP contribution >= 0.6 is 0 Å². The molecule has 166 valence electrons. The Labute approximate surface area is 185 Å². The van der Waals surface area contributed by atoms with Crippen LogP contribution < -0.4 is 14.5 Å². The molecule has 1 amide bonds. The van der Waals surface area contributed by atoms with E-state index in [0.29, 0.717) is 36.8 Å².